The predicted octanol–water partition coefficient (Wildman–Crippen LogP) is 0.246. The largest absolute Gasteiger partial charge is 0.392 e. The number of nitrogens with one attached hydrogen (secondary N) is 2. The summed E-state index contributed by atoms with van der Waals surface area (Å²) in [6.07, 6.45) is 0.358. The molecule has 6 nitrogen and oxygen atoms in total. The van der Waals surface area contributed by atoms with E-state index in [0.29, 0.717) is 19.5 Å². The fraction of sp³-hybridized carbons (Fsp3) is 0.611. The second-order valence-electron chi connectivity index (χ2n) is 6.80. The highest BCUT2D eigenvalue weighted by Crippen LogP contribution is 2.12. The summed E-state index contributed by atoms with van der Waals surface area (Å²) in [6.45, 7) is 6.72. The monoisotopic (exact) mass is 333 g/mol. The van der Waals surface area contributed by atoms with E-state index in [0.717, 1.165) is 31.8 Å². The van der Waals surface area contributed by atoms with Crippen LogP contribution in [-0.4, -0.2) is 60.4 Å². The van der Waals surface area contributed by atoms with Crippen LogP contribution in [0.2, 0.25) is 0 Å². The predicted molar refractivity (Wildman–Crippen MR) is 91.4 cm³/mol. The van der Waals surface area contributed by atoms with Crippen molar-refractivity contribution in [1.29, 1.82) is 0 Å². The van der Waals surface area contributed by atoms with Crippen molar-refractivity contribution in [2.75, 3.05) is 26.2 Å². The van der Waals surface area contributed by atoms with Gasteiger partial charge in [-0.1, -0.05) is 24.3 Å². The van der Waals surface area contributed by atoms with Gasteiger partial charge in [0.1, 0.15) is 0 Å². The van der Waals surface area contributed by atoms with E-state index in [9.17, 15) is 9.90 Å². The number of hydrogen-bond donors (Lipinski definition) is 3. The van der Waals surface area contributed by atoms with Crippen LogP contribution in [-0.2, 0) is 22.6 Å². The number of benzene rings is 1. The molecule has 0 spiro atoms. The van der Waals surface area contributed by atoms with E-state index in [1.54, 1.807) is 0 Å². The van der Waals surface area contributed by atoms with Crippen molar-refractivity contribution in [1.82, 2.24) is 15.5 Å². The Labute approximate surface area is 143 Å². The van der Waals surface area contributed by atoms with Gasteiger partial charge in [0.15, 0.2) is 0 Å². The Bertz CT molecular complexity index is 566. The van der Waals surface area contributed by atoms with Crippen LogP contribution in [0.25, 0.3) is 0 Å². The van der Waals surface area contributed by atoms with E-state index in [1.807, 2.05) is 12.1 Å². The molecule has 1 amide bonds. The Morgan fingerprint density at radius 3 is 3.04 bits per heavy atom. The molecule has 2 aliphatic heterocycles. The summed E-state index contributed by atoms with van der Waals surface area (Å²) in [5.41, 5.74) is 2.35. The van der Waals surface area contributed by atoms with Gasteiger partial charge in [-0.3, -0.25) is 9.69 Å². The number of ether oxygens (including phenoxy) is 1. The van der Waals surface area contributed by atoms with Crippen molar-refractivity contribution in [3.63, 3.8) is 0 Å². The van der Waals surface area contributed by atoms with Gasteiger partial charge in [0.25, 0.3) is 0 Å². The van der Waals surface area contributed by atoms with E-state index >= 15 is 0 Å². The minimum atomic E-state index is -0.417. The first-order chi connectivity index (χ1) is 11.6. The third-order valence-electron chi connectivity index (χ3n) is 4.61. The van der Waals surface area contributed by atoms with Crippen molar-refractivity contribution in [3.8, 4) is 0 Å². The molecule has 3 rings (SSSR count). The highest BCUT2D eigenvalue weighted by atomic mass is 16.5. The third kappa shape index (κ3) is 4.77. The third-order valence-corrected chi connectivity index (χ3v) is 4.61. The molecule has 6 heteroatoms. The zero-order chi connectivity index (χ0) is 16.9. The molecule has 2 heterocycles. The number of amides is 1. The van der Waals surface area contributed by atoms with Gasteiger partial charge in [0.2, 0.25) is 5.91 Å². The number of carbonyl (C=O) groups is 1. The van der Waals surface area contributed by atoms with Gasteiger partial charge in [0.05, 0.1) is 24.9 Å². The highest BCUT2D eigenvalue weighted by Gasteiger charge is 2.27. The van der Waals surface area contributed by atoms with E-state index in [-0.39, 0.29) is 18.1 Å². The summed E-state index contributed by atoms with van der Waals surface area (Å²) < 4.78 is 5.58. The van der Waals surface area contributed by atoms with Crippen molar-refractivity contribution in [2.24, 2.45) is 0 Å². The van der Waals surface area contributed by atoms with E-state index in [2.05, 4.69) is 34.6 Å². The maximum atomic E-state index is 12.1. The van der Waals surface area contributed by atoms with Crippen molar-refractivity contribution in [3.05, 3.63) is 35.4 Å². The molecular formula is C18H27N3O3. The lowest BCUT2D eigenvalue weighted by Gasteiger charge is -2.31. The minimum Gasteiger partial charge on any atom is -0.392 e. The molecule has 3 N–H and O–H groups in total. The number of aliphatic hydroxyl groups excluding tert-OH is 1. The first-order valence-corrected chi connectivity index (χ1v) is 8.71. The van der Waals surface area contributed by atoms with Crippen LogP contribution >= 0.6 is 0 Å². The quantitative estimate of drug-likeness (QED) is 0.720. The van der Waals surface area contributed by atoms with Crippen LogP contribution in [0.15, 0.2) is 24.3 Å². The number of nitrogens with zero attached hydrogens (tertiary/aromatic N) is 1. The van der Waals surface area contributed by atoms with Crippen LogP contribution in [0.4, 0.5) is 0 Å². The molecule has 1 aromatic rings. The zero-order valence-corrected chi connectivity index (χ0v) is 14.2. The fourth-order valence-electron chi connectivity index (χ4n) is 3.36. The molecule has 2 fully saturated rings. The van der Waals surface area contributed by atoms with E-state index in [1.165, 1.54) is 5.56 Å². The molecule has 0 aliphatic carbocycles. The molecule has 2 aliphatic rings. The topological polar surface area (TPSA) is 73.8 Å². The smallest absolute Gasteiger partial charge is 0.237 e. The second kappa shape index (κ2) is 8.07. The molecule has 3 atom stereocenters. The number of rotatable bonds is 5. The molecule has 1 aromatic carbocycles. The maximum Gasteiger partial charge on any atom is 0.237 e. The lowest BCUT2D eigenvalue weighted by atomic mass is 10.1. The summed E-state index contributed by atoms with van der Waals surface area (Å²) in [5, 5.41) is 15.5. The van der Waals surface area contributed by atoms with E-state index < -0.39 is 6.10 Å². The average molecular weight is 333 g/mol. The molecule has 0 saturated carbocycles. The standard InChI is InChI=1S/C18H27N3O3/c1-13-11-21(5-6-24-13)12-15-4-2-3-14(7-15)9-20-18(23)17-8-16(22)10-19-17/h2-4,7,13,16-17,19,22H,5-6,8-12H2,1H3,(H,20,23)/t13-,16+,17-/m1/s1. The van der Waals surface area contributed by atoms with Gasteiger partial charge in [-0.05, 0) is 24.5 Å². The molecule has 24 heavy (non-hydrogen) atoms. The Balaban J connectivity index is 1.50. The summed E-state index contributed by atoms with van der Waals surface area (Å²) in [5.74, 6) is -0.0426. The zero-order valence-electron chi connectivity index (χ0n) is 14.2. The van der Waals surface area contributed by atoms with Gasteiger partial charge in [-0.15, -0.1) is 0 Å². The lowest BCUT2D eigenvalue weighted by Crippen LogP contribution is -2.40. The van der Waals surface area contributed by atoms with Gasteiger partial charge >= 0.3 is 0 Å². The van der Waals surface area contributed by atoms with Gasteiger partial charge in [-0.2, -0.15) is 0 Å². The van der Waals surface area contributed by atoms with Crippen LogP contribution in [0.5, 0.6) is 0 Å². The summed E-state index contributed by atoms with van der Waals surface area (Å²) >= 11 is 0. The molecular weight excluding hydrogens is 306 g/mol. The van der Waals surface area contributed by atoms with Gasteiger partial charge in [0, 0.05) is 32.7 Å². The summed E-state index contributed by atoms with van der Waals surface area (Å²) in [6, 6.07) is 8.07. The SMILES string of the molecule is C[C@@H]1CN(Cc2cccc(CNC(=O)[C@H]3C[C@H](O)CN3)c2)CCO1. The van der Waals surface area contributed by atoms with Gasteiger partial charge < -0.3 is 20.5 Å². The minimum absolute atomic E-state index is 0.0426. The lowest BCUT2D eigenvalue weighted by molar-refractivity contribution is -0.123. The number of aliphatic hydroxyl groups is 1. The van der Waals surface area contributed by atoms with Gasteiger partial charge in [-0.25, -0.2) is 0 Å². The highest BCUT2D eigenvalue weighted by molar-refractivity contribution is 5.82. The van der Waals surface area contributed by atoms with Crippen LogP contribution in [0.1, 0.15) is 24.5 Å². The van der Waals surface area contributed by atoms with Crippen molar-refractivity contribution >= 4 is 5.91 Å². The number of carbonyl (C=O) groups excluding carboxylic acids is 1. The number of morpholine rings is 1. The Morgan fingerprint density at radius 2 is 2.29 bits per heavy atom. The molecule has 0 radical (unpaired) electrons. The van der Waals surface area contributed by atoms with Crippen molar-refractivity contribution in [2.45, 2.75) is 44.7 Å². The maximum absolute atomic E-state index is 12.1. The first kappa shape index (κ1) is 17.4. The first-order valence-electron chi connectivity index (χ1n) is 8.71. The Morgan fingerprint density at radius 1 is 1.46 bits per heavy atom. The molecule has 2 saturated heterocycles. The molecule has 0 unspecified atom stereocenters. The average Bonchev–Trinajstić information content (AvgIpc) is 3.00. The van der Waals surface area contributed by atoms with Crippen LogP contribution < -0.4 is 10.6 Å². The van der Waals surface area contributed by atoms with Crippen LogP contribution in [0.3, 0.4) is 0 Å². The number of β-amino-alcohol motifs (C(OH)–C–C–N with tert-alkyl or cyclic N) is 1. The van der Waals surface area contributed by atoms with Crippen LogP contribution in [0, 0.1) is 0 Å². The molecule has 132 valence electrons. The Kier molecular flexibility index (Phi) is 5.84. The summed E-state index contributed by atoms with van der Waals surface area (Å²) in [4.78, 5) is 14.5. The normalized spacial score (nSPS) is 28.0. The van der Waals surface area contributed by atoms with Crippen molar-refractivity contribution < 1.29 is 14.6 Å². The number of hydrogen-bond acceptors (Lipinski definition) is 5. The molecule has 0 aromatic heterocycles. The molecule has 0 bridgehead atoms. The summed E-state index contributed by atoms with van der Waals surface area (Å²) in [7, 11) is 0. The van der Waals surface area contributed by atoms with E-state index in [4.69, 9.17) is 4.74 Å². The Hall–Kier alpha value is -1.47. The fourth-order valence-corrected chi connectivity index (χ4v) is 3.36. The second-order valence-corrected chi connectivity index (χ2v) is 6.80.